The molecule has 3 aromatic rings. The first-order valence-electron chi connectivity index (χ1n) is 7.74. The minimum absolute atomic E-state index is 0.821. The predicted molar refractivity (Wildman–Crippen MR) is 93.5 cm³/mol. The molecule has 0 bridgehead atoms. The van der Waals surface area contributed by atoms with Crippen molar-refractivity contribution in [3.05, 3.63) is 45.6 Å². The SMILES string of the molecule is Cc1ccc(CN(CCN(C)C)Cc2cccc3nonc23)s1. The van der Waals surface area contributed by atoms with Gasteiger partial charge in [0.15, 0.2) is 0 Å². The largest absolute Gasteiger partial charge is 0.308 e. The van der Waals surface area contributed by atoms with Crippen molar-refractivity contribution < 1.29 is 4.63 Å². The van der Waals surface area contributed by atoms with E-state index < -0.39 is 0 Å². The van der Waals surface area contributed by atoms with Gasteiger partial charge in [-0.2, -0.15) is 0 Å². The van der Waals surface area contributed by atoms with Crippen molar-refractivity contribution in [2.24, 2.45) is 0 Å². The standard InChI is InChI=1S/C17H22N4OS/c1-13-7-8-15(23-13)12-21(10-9-20(2)3)11-14-5-4-6-16-17(14)19-22-18-16/h4-8H,9-12H2,1-3H3. The Morgan fingerprint density at radius 1 is 1.04 bits per heavy atom. The molecule has 0 unspecified atom stereocenters. The van der Waals surface area contributed by atoms with Crippen LogP contribution in [0.4, 0.5) is 0 Å². The highest BCUT2D eigenvalue weighted by atomic mass is 32.1. The average Bonchev–Trinajstić information content (AvgIpc) is 3.14. The van der Waals surface area contributed by atoms with E-state index in [0.717, 1.165) is 42.8 Å². The van der Waals surface area contributed by atoms with Gasteiger partial charge in [-0.1, -0.05) is 12.1 Å². The third kappa shape index (κ3) is 4.16. The Morgan fingerprint density at radius 2 is 1.91 bits per heavy atom. The van der Waals surface area contributed by atoms with Gasteiger partial charge in [0.2, 0.25) is 0 Å². The number of rotatable bonds is 7. The molecule has 0 saturated heterocycles. The van der Waals surface area contributed by atoms with Crippen LogP contribution in [0, 0.1) is 6.92 Å². The topological polar surface area (TPSA) is 45.4 Å². The van der Waals surface area contributed by atoms with E-state index >= 15 is 0 Å². The first-order valence-corrected chi connectivity index (χ1v) is 8.56. The molecule has 3 rings (SSSR count). The van der Waals surface area contributed by atoms with Crippen LogP contribution in [0.25, 0.3) is 11.0 Å². The van der Waals surface area contributed by atoms with Crippen molar-refractivity contribution in [2.75, 3.05) is 27.2 Å². The highest BCUT2D eigenvalue weighted by Gasteiger charge is 2.13. The van der Waals surface area contributed by atoms with Crippen LogP contribution >= 0.6 is 11.3 Å². The van der Waals surface area contributed by atoms with Crippen LogP contribution in [0.3, 0.4) is 0 Å². The maximum absolute atomic E-state index is 4.88. The molecule has 0 aliphatic heterocycles. The van der Waals surface area contributed by atoms with Crippen molar-refractivity contribution in [1.82, 2.24) is 20.1 Å². The van der Waals surface area contributed by atoms with Crippen LogP contribution in [0.15, 0.2) is 35.0 Å². The number of hydrogen-bond acceptors (Lipinski definition) is 6. The lowest BCUT2D eigenvalue weighted by Gasteiger charge is -2.23. The number of nitrogens with zero attached hydrogens (tertiary/aromatic N) is 4. The minimum atomic E-state index is 0.821. The van der Waals surface area contributed by atoms with Crippen LogP contribution in [-0.4, -0.2) is 47.3 Å². The highest BCUT2D eigenvalue weighted by Crippen LogP contribution is 2.21. The van der Waals surface area contributed by atoms with E-state index in [1.165, 1.54) is 9.75 Å². The van der Waals surface area contributed by atoms with Crippen molar-refractivity contribution in [3.63, 3.8) is 0 Å². The molecule has 6 heteroatoms. The summed E-state index contributed by atoms with van der Waals surface area (Å²) in [5.41, 5.74) is 2.85. The van der Waals surface area contributed by atoms with Gasteiger partial charge in [0.1, 0.15) is 11.0 Å². The predicted octanol–water partition coefficient (Wildman–Crippen LogP) is 3.16. The number of likely N-dealkylation sites (N-methyl/N-ethyl adjacent to an activating group) is 1. The lowest BCUT2D eigenvalue weighted by molar-refractivity contribution is 0.228. The summed E-state index contributed by atoms with van der Waals surface area (Å²) in [6, 6.07) is 10.5. The van der Waals surface area contributed by atoms with Crippen LogP contribution < -0.4 is 0 Å². The van der Waals surface area contributed by atoms with E-state index in [-0.39, 0.29) is 0 Å². The van der Waals surface area contributed by atoms with Gasteiger partial charge < -0.3 is 4.90 Å². The average molecular weight is 330 g/mol. The van der Waals surface area contributed by atoms with E-state index in [9.17, 15) is 0 Å². The molecule has 0 N–H and O–H groups in total. The smallest absolute Gasteiger partial charge is 0.139 e. The minimum Gasteiger partial charge on any atom is -0.308 e. The molecule has 0 aliphatic rings. The van der Waals surface area contributed by atoms with Gasteiger partial charge in [0, 0.05) is 35.9 Å². The molecule has 122 valence electrons. The molecule has 0 atom stereocenters. The van der Waals surface area contributed by atoms with Gasteiger partial charge in [0.25, 0.3) is 0 Å². The summed E-state index contributed by atoms with van der Waals surface area (Å²) in [4.78, 5) is 7.42. The summed E-state index contributed by atoms with van der Waals surface area (Å²) < 4.78 is 4.88. The fourth-order valence-electron chi connectivity index (χ4n) is 2.58. The Morgan fingerprint density at radius 3 is 2.65 bits per heavy atom. The molecule has 23 heavy (non-hydrogen) atoms. The fourth-order valence-corrected chi connectivity index (χ4v) is 3.51. The molecule has 0 spiro atoms. The van der Waals surface area contributed by atoms with Crippen LogP contribution in [0.2, 0.25) is 0 Å². The second-order valence-electron chi connectivity index (χ2n) is 6.08. The third-order valence-electron chi connectivity index (χ3n) is 3.80. The monoisotopic (exact) mass is 330 g/mol. The Balaban J connectivity index is 1.78. The molecule has 0 amide bonds. The first-order chi connectivity index (χ1) is 11.1. The Labute approximate surface area is 140 Å². The van der Waals surface area contributed by atoms with E-state index in [1.807, 2.05) is 23.5 Å². The van der Waals surface area contributed by atoms with Crippen molar-refractivity contribution >= 4 is 22.4 Å². The summed E-state index contributed by atoms with van der Waals surface area (Å²) >= 11 is 1.86. The lowest BCUT2D eigenvalue weighted by atomic mass is 10.1. The van der Waals surface area contributed by atoms with Crippen molar-refractivity contribution in [1.29, 1.82) is 0 Å². The van der Waals surface area contributed by atoms with E-state index in [2.05, 4.69) is 59.3 Å². The summed E-state index contributed by atoms with van der Waals surface area (Å²) in [5.74, 6) is 0. The maximum Gasteiger partial charge on any atom is 0.139 e. The Hall–Kier alpha value is -1.76. The van der Waals surface area contributed by atoms with Gasteiger partial charge in [-0.15, -0.1) is 11.3 Å². The van der Waals surface area contributed by atoms with Gasteiger partial charge >= 0.3 is 0 Å². The Kier molecular flexibility index (Phi) is 5.05. The molecule has 2 aromatic heterocycles. The van der Waals surface area contributed by atoms with Gasteiger partial charge in [-0.25, -0.2) is 4.63 Å². The summed E-state index contributed by atoms with van der Waals surface area (Å²) in [6.45, 7) is 5.98. The fraction of sp³-hybridized carbons (Fsp3) is 0.412. The van der Waals surface area contributed by atoms with E-state index in [0.29, 0.717) is 0 Å². The maximum atomic E-state index is 4.88. The molecular formula is C17H22N4OS. The number of benzene rings is 1. The van der Waals surface area contributed by atoms with Gasteiger partial charge in [-0.3, -0.25) is 4.90 Å². The van der Waals surface area contributed by atoms with Crippen LogP contribution in [-0.2, 0) is 13.1 Å². The quantitative estimate of drug-likeness (QED) is 0.666. The number of aryl methyl sites for hydroxylation is 1. The first kappa shape index (κ1) is 16.1. The summed E-state index contributed by atoms with van der Waals surface area (Å²) in [7, 11) is 4.21. The number of fused-ring (bicyclic) bond motifs is 1. The number of hydrogen-bond donors (Lipinski definition) is 0. The van der Waals surface area contributed by atoms with E-state index in [4.69, 9.17) is 4.63 Å². The Bertz CT molecular complexity index is 765. The van der Waals surface area contributed by atoms with Crippen molar-refractivity contribution in [3.8, 4) is 0 Å². The lowest BCUT2D eigenvalue weighted by Crippen LogP contribution is -2.31. The molecule has 0 aliphatic carbocycles. The molecule has 2 heterocycles. The normalized spacial score (nSPS) is 11.9. The van der Waals surface area contributed by atoms with Gasteiger partial charge in [-0.05, 0) is 55.1 Å². The summed E-state index contributed by atoms with van der Waals surface area (Å²) in [6.07, 6.45) is 0. The molecular weight excluding hydrogens is 308 g/mol. The molecule has 1 aromatic carbocycles. The zero-order valence-corrected chi connectivity index (χ0v) is 14.6. The van der Waals surface area contributed by atoms with Crippen LogP contribution in [0.5, 0.6) is 0 Å². The molecule has 5 nitrogen and oxygen atoms in total. The zero-order chi connectivity index (χ0) is 16.2. The molecule has 0 fully saturated rings. The second-order valence-corrected chi connectivity index (χ2v) is 7.45. The van der Waals surface area contributed by atoms with Crippen molar-refractivity contribution in [2.45, 2.75) is 20.0 Å². The second kappa shape index (κ2) is 7.21. The number of aromatic nitrogens is 2. The van der Waals surface area contributed by atoms with Crippen LogP contribution in [0.1, 0.15) is 15.3 Å². The number of thiophene rings is 1. The highest BCUT2D eigenvalue weighted by molar-refractivity contribution is 7.11. The zero-order valence-electron chi connectivity index (χ0n) is 13.8. The molecule has 0 radical (unpaired) electrons. The third-order valence-corrected chi connectivity index (χ3v) is 4.79. The molecule has 0 saturated carbocycles. The van der Waals surface area contributed by atoms with Gasteiger partial charge in [0.05, 0.1) is 0 Å². The summed E-state index contributed by atoms with van der Waals surface area (Å²) in [5, 5.41) is 7.99. The van der Waals surface area contributed by atoms with E-state index in [1.54, 1.807) is 0 Å².